The number of nitrogens with one attached hydrogen (secondary N) is 1. The van der Waals surface area contributed by atoms with Gasteiger partial charge in [-0.25, -0.2) is 22.8 Å². The maximum Gasteiger partial charge on any atom is 0.480 e. The molecule has 0 unspecified atom stereocenters. The molecule has 1 saturated heterocycles. The van der Waals surface area contributed by atoms with Gasteiger partial charge in [0.2, 0.25) is 13.6 Å². The first kappa shape index (κ1) is 33.1. The minimum atomic E-state index is -4.63. The van der Waals surface area contributed by atoms with Crippen molar-refractivity contribution in [3.05, 3.63) is 33.1 Å². The molecule has 1 aliphatic rings. The average molecular weight is 601 g/mol. The van der Waals surface area contributed by atoms with Gasteiger partial charge in [-0.3, -0.25) is 28.5 Å². The van der Waals surface area contributed by atoms with Crippen molar-refractivity contribution in [1.82, 2.24) is 9.55 Å². The summed E-state index contributed by atoms with van der Waals surface area (Å²) in [7, 11) is -4.63. The number of H-pyrrole nitrogens is 1. The van der Waals surface area contributed by atoms with E-state index in [-0.39, 0.29) is 5.88 Å². The fraction of sp³-hybridized carbons (Fsp3) is 0.739. The van der Waals surface area contributed by atoms with E-state index in [1.165, 1.54) is 6.92 Å². The molecule has 1 aromatic heterocycles. The van der Waals surface area contributed by atoms with Crippen molar-refractivity contribution in [3.63, 3.8) is 0 Å². The van der Waals surface area contributed by atoms with Crippen LogP contribution in [0.15, 0.2) is 21.9 Å². The van der Waals surface area contributed by atoms with Crippen LogP contribution in [0.2, 0.25) is 0 Å². The van der Waals surface area contributed by atoms with Gasteiger partial charge in [-0.2, -0.15) is 0 Å². The van der Waals surface area contributed by atoms with E-state index in [0.717, 1.165) is 16.8 Å². The number of carbonyl (C=O) groups excluding carboxylic acids is 2. The number of nitrogens with zero attached hydrogens (tertiary/aromatic N) is 1. The van der Waals surface area contributed by atoms with Crippen LogP contribution in [0.5, 0.6) is 0 Å². The molecule has 1 N–H and O–H groups in total. The summed E-state index contributed by atoms with van der Waals surface area (Å²) < 4.78 is 60.9. The molecule has 4 atom stereocenters. The Balaban J connectivity index is 2.22. The van der Waals surface area contributed by atoms with Crippen LogP contribution in [0.3, 0.4) is 0 Å². The third-order valence-electron chi connectivity index (χ3n) is 5.78. The third-order valence-corrected chi connectivity index (χ3v) is 7.52. The highest BCUT2D eigenvalue weighted by molar-refractivity contribution is 7.48. The summed E-state index contributed by atoms with van der Waals surface area (Å²) in [6.45, 7) is 8.65. The van der Waals surface area contributed by atoms with Gasteiger partial charge in [-0.05, 0) is 41.5 Å². The molecule has 0 radical (unpaired) electrons. The van der Waals surface area contributed by atoms with Gasteiger partial charge >= 0.3 is 25.5 Å². The topological polar surface area (TPSA) is 161 Å². The van der Waals surface area contributed by atoms with Gasteiger partial charge in [0, 0.05) is 18.2 Å². The number of phosphoric ester groups is 1. The molecule has 0 bridgehead atoms. The Morgan fingerprint density at radius 3 is 2.03 bits per heavy atom. The van der Waals surface area contributed by atoms with Gasteiger partial charge in [0.25, 0.3) is 5.56 Å². The Morgan fingerprint density at radius 2 is 1.59 bits per heavy atom. The van der Waals surface area contributed by atoms with Crippen molar-refractivity contribution in [1.29, 1.82) is 0 Å². The molecule has 0 saturated carbocycles. The van der Waals surface area contributed by atoms with Gasteiger partial charge in [-0.15, -0.1) is 11.6 Å². The molecule has 0 aliphatic carbocycles. The van der Waals surface area contributed by atoms with Gasteiger partial charge < -0.3 is 14.2 Å². The number of alkyl halides is 2. The van der Waals surface area contributed by atoms with Crippen LogP contribution in [-0.4, -0.2) is 59.3 Å². The first-order valence-electron chi connectivity index (χ1n) is 11.9. The highest BCUT2D eigenvalue weighted by Gasteiger charge is 2.55. The Labute approximate surface area is 229 Å². The molecular formula is C23H35ClFN2O11P. The Morgan fingerprint density at radius 1 is 1.08 bits per heavy atom. The average Bonchev–Trinajstić information content (AvgIpc) is 3.07. The second-order valence-corrected chi connectivity index (χ2v) is 13.0. The predicted molar refractivity (Wildman–Crippen MR) is 136 cm³/mol. The predicted octanol–water partition coefficient (Wildman–Crippen LogP) is 3.27. The number of esters is 2. The summed E-state index contributed by atoms with van der Waals surface area (Å²) in [5, 5.41) is 0. The second kappa shape index (κ2) is 12.6. The minimum absolute atomic E-state index is 0.374. The largest absolute Gasteiger partial charge is 0.480 e. The molecule has 1 aromatic rings. The molecule has 2 heterocycles. The zero-order chi connectivity index (χ0) is 29.8. The van der Waals surface area contributed by atoms with Crippen molar-refractivity contribution in [3.8, 4) is 0 Å². The lowest BCUT2D eigenvalue weighted by Gasteiger charge is -2.31. The van der Waals surface area contributed by atoms with E-state index in [0.29, 0.717) is 0 Å². The fourth-order valence-corrected chi connectivity index (χ4v) is 4.51. The highest BCUT2D eigenvalue weighted by Crippen LogP contribution is 2.53. The van der Waals surface area contributed by atoms with E-state index >= 15 is 4.39 Å². The van der Waals surface area contributed by atoms with Crippen molar-refractivity contribution >= 4 is 31.4 Å². The van der Waals surface area contributed by atoms with Crippen LogP contribution in [0.25, 0.3) is 0 Å². The number of halogens is 2. The monoisotopic (exact) mass is 600 g/mol. The summed E-state index contributed by atoms with van der Waals surface area (Å²) in [6, 6.07) is 1.02. The molecule has 16 heteroatoms. The number of aromatic amines is 1. The van der Waals surface area contributed by atoms with Crippen molar-refractivity contribution in [2.75, 3.05) is 26.1 Å². The standard InChI is InChI=1S/C23H35ClFN2O11P/c1-14-16(25)17(27-9-8-15(28)26-20(27)31)38-23(14,10-24)11-35-39(32,36-12-33-18(29)21(2,3)4)37-13-34-19(30)22(5,6)7/h8-9,14,16-17H,10-13H2,1-7H3,(H,26,28,31)/t14-,16+,17+,23+/m0/s1. The SMILES string of the molecule is C[C@H]1[C@@H](F)[C@H](n2ccc(=O)[nH]c2=O)O[C@]1(CCl)COP(=O)(OCOC(=O)C(C)(C)C)OCOC(=O)C(C)(C)C. The molecular weight excluding hydrogens is 566 g/mol. The van der Waals surface area contributed by atoms with Gasteiger partial charge in [0.05, 0.1) is 23.3 Å². The summed E-state index contributed by atoms with van der Waals surface area (Å²) >= 11 is 6.14. The van der Waals surface area contributed by atoms with E-state index in [1.54, 1.807) is 41.5 Å². The van der Waals surface area contributed by atoms with Crippen molar-refractivity contribution in [2.24, 2.45) is 16.7 Å². The number of hydrogen-bond donors (Lipinski definition) is 1. The normalized spacial score (nSPS) is 24.0. The maximum absolute atomic E-state index is 15.3. The summed E-state index contributed by atoms with van der Waals surface area (Å²) in [5.41, 5.74) is -5.02. The zero-order valence-corrected chi connectivity index (χ0v) is 24.5. The fourth-order valence-electron chi connectivity index (χ4n) is 3.17. The first-order valence-corrected chi connectivity index (χ1v) is 13.9. The lowest BCUT2D eigenvalue weighted by Crippen LogP contribution is -2.43. The van der Waals surface area contributed by atoms with E-state index in [4.69, 9.17) is 39.4 Å². The van der Waals surface area contributed by atoms with Crippen molar-refractivity contribution < 1.29 is 46.3 Å². The zero-order valence-electron chi connectivity index (χ0n) is 22.9. The quantitative estimate of drug-likeness (QED) is 0.172. The summed E-state index contributed by atoms with van der Waals surface area (Å²) in [6.07, 6.45) is -2.22. The summed E-state index contributed by atoms with van der Waals surface area (Å²) in [5.74, 6) is -2.73. The van der Waals surface area contributed by atoms with Gasteiger partial charge in [-0.1, -0.05) is 6.92 Å². The number of aromatic nitrogens is 2. The smallest absolute Gasteiger partial charge is 0.437 e. The molecule has 39 heavy (non-hydrogen) atoms. The van der Waals surface area contributed by atoms with Crippen LogP contribution < -0.4 is 11.2 Å². The number of hydrogen-bond acceptors (Lipinski definition) is 11. The highest BCUT2D eigenvalue weighted by atomic mass is 35.5. The van der Waals surface area contributed by atoms with Crippen molar-refractivity contribution in [2.45, 2.75) is 66.5 Å². The van der Waals surface area contributed by atoms with Crippen LogP contribution in [0.1, 0.15) is 54.7 Å². The Hall–Kier alpha value is -2.09. The Bertz CT molecular complexity index is 1160. The number of rotatable bonds is 11. The molecule has 0 amide bonds. The number of ether oxygens (including phenoxy) is 3. The lowest BCUT2D eigenvalue weighted by atomic mass is 9.90. The van der Waals surface area contributed by atoms with Gasteiger partial charge in [0.15, 0.2) is 12.4 Å². The van der Waals surface area contributed by atoms with Crippen LogP contribution in [-0.2, 0) is 41.9 Å². The van der Waals surface area contributed by atoms with Crippen LogP contribution >= 0.6 is 19.4 Å². The Kier molecular flexibility index (Phi) is 10.7. The third kappa shape index (κ3) is 8.45. The molecule has 0 spiro atoms. The molecule has 1 fully saturated rings. The van der Waals surface area contributed by atoms with Crippen LogP contribution in [0, 0.1) is 16.7 Å². The first-order chi connectivity index (χ1) is 17.8. The lowest BCUT2D eigenvalue weighted by molar-refractivity contribution is -0.164. The van der Waals surface area contributed by atoms with Crippen LogP contribution in [0.4, 0.5) is 4.39 Å². The molecule has 0 aromatic carbocycles. The summed E-state index contributed by atoms with van der Waals surface area (Å²) in [4.78, 5) is 49.7. The number of carbonyl (C=O) groups is 2. The molecule has 1 aliphatic heterocycles. The maximum atomic E-state index is 15.3. The number of phosphoric acid groups is 1. The molecule has 13 nitrogen and oxygen atoms in total. The molecule has 222 valence electrons. The second-order valence-electron chi connectivity index (χ2n) is 11.0. The molecule has 2 rings (SSSR count). The van der Waals surface area contributed by atoms with E-state index in [2.05, 4.69) is 0 Å². The van der Waals surface area contributed by atoms with E-state index in [1.807, 2.05) is 4.98 Å². The van der Waals surface area contributed by atoms with E-state index < -0.39 is 86.0 Å². The van der Waals surface area contributed by atoms with E-state index in [9.17, 15) is 23.7 Å². The minimum Gasteiger partial charge on any atom is -0.437 e. The van der Waals surface area contributed by atoms with Gasteiger partial charge in [0.1, 0.15) is 5.60 Å².